The van der Waals surface area contributed by atoms with E-state index in [1.165, 1.54) is 10.8 Å². The second-order valence-electron chi connectivity index (χ2n) is 7.25. The Bertz CT molecular complexity index is 793. The Morgan fingerprint density at radius 2 is 2.00 bits per heavy atom. The van der Waals surface area contributed by atoms with Gasteiger partial charge in [0.2, 0.25) is 0 Å². The summed E-state index contributed by atoms with van der Waals surface area (Å²) in [7, 11) is 0. The molecule has 2 aromatic carbocycles. The Morgan fingerprint density at radius 3 is 2.76 bits per heavy atom. The Hall–Kier alpha value is -2.56. The number of alkyl carbamates (subject to hydrolysis) is 1. The number of hydrogen-bond donors (Lipinski definition) is 1. The second-order valence-corrected chi connectivity index (χ2v) is 7.25. The normalized spacial score (nSPS) is 17.1. The van der Waals surface area contributed by atoms with Crippen LogP contribution in [-0.4, -0.2) is 30.1 Å². The summed E-state index contributed by atoms with van der Waals surface area (Å²) in [6.45, 7) is 6.03. The summed E-state index contributed by atoms with van der Waals surface area (Å²) in [5.74, 6) is 0. The van der Waals surface area contributed by atoms with Crippen LogP contribution in [0.1, 0.15) is 39.2 Å². The van der Waals surface area contributed by atoms with Crippen LogP contribution in [-0.2, 0) is 9.57 Å². The number of carbonyl (C=O) groups excluding carboxylic acids is 1. The fraction of sp³-hybridized carbons (Fsp3) is 0.400. The molecule has 2 aromatic rings. The van der Waals surface area contributed by atoms with Crippen molar-refractivity contribution in [1.82, 2.24) is 5.32 Å². The van der Waals surface area contributed by atoms with Crippen LogP contribution in [0.4, 0.5) is 4.79 Å². The lowest BCUT2D eigenvalue weighted by Gasteiger charge is -2.19. The van der Waals surface area contributed by atoms with Gasteiger partial charge in [-0.05, 0) is 37.6 Å². The van der Waals surface area contributed by atoms with E-state index in [2.05, 4.69) is 40.8 Å². The van der Waals surface area contributed by atoms with E-state index in [1.807, 2.05) is 32.9 Å². The van der Waals surface area contributed by atoms with Crippen LogP contribution >= 0.6 is 0 Å². The van der Waals surface area contributed by atoms with Crippen molar-refractivity contribution < 1.29 is 14.4 Å². The Balaban J connectivity index is 1.50. The molecule has 0 radical (unpaired) electrons. The summed E-state index contributed by atoms with van der Waals surface area (Å²) < 4.78 is 5.21. The molecule has 0 saturated carbocycles. The summed E-state index contributed by atoms with van der Waals surface area (Å²) in [5.41, 5.74) is 1.55. The summed E-state index contributed by atoms with van der Waals surface area (Å²) in [6, 6.07) is 14.6. The first-order valence-electron chi connectivity index (χ1n) is 8.59. The van der Waals surface area contributed by atoms with Crippen molar-refractivity contribution in [3.63, 3.8) is 0 Å². The van der Waals surface area contributed by atoms with Crippen LogP contribution < -0.4 is 5.32 Å². The number of ether oxygens (including phenoxy) is 1. The highest BCUT2D eigenvalue weighted by Crippen LogP contribution is 2.22. The third-order valence-electron chi connectivity index (χ3n) is 3.95. The van der Waals surface area contributed by atoms with E-state index < -0.39 is 11.7 Å². The third-order valence-corrected chi connectivity index (χ3v) is 3.95. The maximum absolute atomic E-state index is 11.6. The fourth-order valence-electron chi connectivity index (χ4n) is 2.77. The summed E-state index contributed by atoms with van der Waals surface area (Å²) >= 11 is 0. The van der Waals surface area contributed by atoms with Gasteiger partial charge in [0.25, 0.3) is 0 Å². The lowest BCUT2D eigenvalue weighted by Crippen LogP contribution is -2.34. The number of nitrogens with one attached hydrogen (secondary N) is 1. The number of benzene rings is 2. The summed E-state index contributed by atoms with van der Waals surface area (Å²) in [6.07, 6.45) is 1.02. The molecular formula is C20H24N2O3. The number of hydrogen-bond acceptors (Lipinski definition) is 4. The lowest BCUT2D eigenvalue weighted by atomic mass is 10.0. The predicted molar refractivity (Wildman–Crippen MR) is 98.8 cm³/mol. The molecule has 25 heavy (non-hydrogen) atoms. The van der Waals surface area contributed by atoms with Gasteiger partial charge in [0.05, 0.1) is 5.71 Å². The van der Waals surface area contributed by atoms with Gasteiger partial charge in [-0.15, -0.1) is 0 Å². The maximum Gasteiger partial charge on any atom is 0.407 e. The van der Waals surface area contributed by atoms with Crippen molar-refractivity contribution in [1.29, 1.82) is 0 Å². The highest BCUT2D eigenvalue weighted by atomic mass is 16.6. The van der Waals surface area contributed by atoms with Crippen molar-refractivity contribution in [3.8, 4) is 0 Å². The van der Waals surface area contributed by atoms with Crippen molar-refractivity contribution in [3.05, 3.63) is 48.0 Å². The van der Waals surface area contributed by atoms with E-state index in [-0.39, 0.29) is 6.10 Å². The van der Waals surface area contributed by atoms with E-state index in [0.29, 0.717) is 13.0 Å². The molecule has 1 atom stereocenters. The quantitative estimate of drug-likeness (QED) is 0.905. The zero-order valence-electron chi connectivity index (χ0n) is 14.9. The molecule has 132 valence electrons. The smallest absolute Gasteiger partial charge is 0.407 e. The summed E-state index contributed by atoms with van der Waals surface area (Å²) in [4.78, 5) is 17.2. The fourth-order valence-corrected chi connectivity index (χ4v) is 2.77. The van der Waals surface area contributed by atoms with Gasteiger partial charge < -0.3 is 14.9 Å². The highest BCUT2D eigenvalue weighted by Gasteiger charge is 2.23. The van der Waals surface area contributed by atoms with Crippen molar-refractivity contribution in [2.45, 2.75) is 45.3 Å². The van der Waals surface area contributed by atoms with Crippen LogP contribution in [0.3, 0.4) is 0 Å². The molecule has 0 saturated heterocycles. The van der Waals surface area contributed by atoms with Crippen molar-refractivity contribution in [2.24, 2.45) is 5.16 Å². The van der Waals surface area contributed by atoms with Crippen LogP contribution in [0.5, 0.6) is 0 Å². The zero-order chi connectivity index (χ0) is 17.9. The van der Waals surface area contributed by atoms with Crippen LogP contribution in [0.25, 0.3) is 10.8 Å². The van der Waals surface area contributed by atoms with E-state index >= 15 is 0 Å². The molecule has 1 amide bonds. The zero-order valence-corrected chi connectivity index (χ0v) is 14.9. The lowest BCUT2D eigenvalue weighted by molar-refractivity contribution is 0.0496. The molecule has 1 aliphatic rings. The number of nitrogens with zero attached hydrogens (tertiary/aromatic N) is 1. The standard InChI is InChI=1S/C20H24N2O3/c1-20(2,3)24-19(23)21-11-10-17-13-18(22-25-17)16-9-8-14-6-4-5-7-15(14)12-16/h4-9,12,17H,10-11,13H2,1-3H3,(H,21,23). The molecule has 1 heterocycles. The highest BCUT2D eigenvalue weighted by molar-refractivity contribution is 6.04. The molecule has 0 aliphatic carbocycles. The molecule has 0 fully saturated rings. The minimum absolute atomic E-state index is 0.0172. The maximum atomic E-state index is 11.6. The molecular weight excluding hydrogens is 316 g/mol. The van der Waals surface area contributed by atoms with Gasteiger partial charge in [-0.25, -0.2) is 4.79 Å². The largest absolute Gasteiger partial charge is 0.444 e. The van der Waals surface area contributed by atoms with Gasteiger partial charge in [0, 0.05) is 24.9 Å². The van der Waals surface area contributed by atoms with Crippen molar-refractivity contribution >= 4 is 22.6 Å². The SMILES string of the molecule is CC(C)(C)OC(=O)NCCC1CC(c2ccc3ccccc3c2)=NO1. The molecule has 1 N–H and O–H groups in total. The molecule has 0 bridgehead atoms. The van der Waals surface area contributed by atoms with Gasteiger partial charge in [-0.1, -0.05) is 41.6 Å². The monoisotopic (exact) mass is 340 g/mol. The molecule has 5 nitrogen and oxygen atoms in total. The number of oxime groups is 1. The molecule has 0 spiro atoms. The number of amides is 1. The minimum Gasteiger partial charge on any atom is -0.444 e. The van der Waals surface area contributed by atoms with E-state index in [9.17, 15) is 4.79 Å². The van der Waals surface area contributed by atoms with Crippen LogP contribution in [0.15, 0.2) is 47.6 Å². The summed E-state index contributed by atoms with van der Waals surface area (Å²) in [5, 5.41) is 9.38. The van der Waals surface area contributed by atoms with Crippen LogP contribution in [0.2, 0.25) is 0 Å². The average Bonchev–Trinajstić information content (AvgIpc) is 3.01. The molecule has 5 heteroatoms. The van der Waals surface area contributed by atoms with Gasteiger partial charge in [0.15, 0.2) is 0 Å². The number of fused-ring (bicyclic) bond motifs is 1. The topological polar surface area (TPSA) is 59.9 Å². The van der Waals surface area contributed by atoms with Gasteiger partial charge in [-0.2, -0.15) is 0 Å². The number of carbonyl (C=O) groups is 1. The predicted octanol–water partition coefficient (Wildman–Crippen LogP) is 4.25. The molecule has 3 rings (SSSR count). The Labute approximate surface area is 148 Å². The van der Waals surface area contributed by atoms with Gasteiger partial charge in [-0.3, -0.25) is 0 Å². The Kier molecular flexibility index (Phi) is 4.93. The molecule has 1 aliphatic heterocycles. The average molecular weight is 340 g/mol. The first-order valence-corrected chi connectivity index (χ1v) is 8.59. The first kappa shape index (κ1) is 17.3. The molecule has 1 unspecified atom stereocenters. The minimum atomic E-state index is -0.486. The Morgan fingerprint density at radius 1 is 1.24 bits per heavy atom. The third kappa shape index (κ3) is 4.72. The van der Waals surface area contributed by atoms with Gasteiger partial charge >= 0.3 is 6.09 Å². The van der Waals surface area contributed by atoms with E-state index in [0.717, 1.165) is 17.7 Å². The first-order chi connectivity index (χ1) is 11.9. The van der Waals surface area contributed by atoms with Gasteiger partial charge in [0.1, 0.15) is 11.7 Å². The van der Waals surface area contributed by atoms with Crippen molar-refractivity contribution in [2.75, 3.05) is 6.54 Å². The van der Waals surface area contributed by atoms with Crippen LogP contribution in [0, 0.1) is 0 Å². The van der Waals surface area contributed by atoms with E-state index in [4.69, 9.17) is 9.57 Å². The van der Waals surface area contributed by atoms with E-state index in [1.54, 1.807) is 0 Å². The second kappa shape index (κ2) is 7.13. The molecule has 0 aromatic heterocycles. The number of rotatable bonds is 4.